The molecule has 3 N–H and O–H groups in total. The second-order valence-corrected chi connectivity index (χ2v) is 3.83. The highest BCUT2D eigenvalue weighted by atomic mass is 16.5. The Labute approximate surface area is 86.1 Å². The fourth-order valence-corrected chi connectivity index (χ4v) is 1.19. The van der Waals surface area contributed by atoms with Crippen LogP contribution in [0.2, 0.25) is 0 Å². The number of ether oxygens (including phenoxy) is 1. The standard InChI is InChI=1S/C10H22N2O2/c1-4-9(10(11)12-13)14-7-5-6-8(2)3/h8-9,13H,4-7H2,1-3H3,(H2,11,12). The Morgan fingerprint density at radius 1 is 1.50 bits per heavy atom. The van der Waals surface area contributed by atoms with Crippen molar-refractivity contribution in [3.8, 4) is 0 Å². The largest absolute Gasteiger partial charge is 0.409 e. The molecule has 14 heavy (non-hydrogen) atoms. The van der Waals surface area contributed by atoms with E-state index in [0.717, 1.165) is 19.3 Å². The third kappa shape index (κ3) is 5.80. The molecule has 0 heterocycles. The molecule has 1 atom stereocenters. The van der Waals surface area contributed by atoms with E-state index in [9.17, 15) is 0 Å². The third-order valence-electron chi connectivity index (χ3n) is 2.06. The van der Waals surface area contributed by atoms with Crippen molar-refractivity contribution in [3.05, 3.63) is 0 Å². The summed E-state index contributed by atoms with van der Waals surface area (Å²) >= 11 is 0. The fraction of sp³-hybridized carbons (Fsp3) is 0.900. The molecule has 0 saturated carbocycles. The molecule has 0 aromatic heterocycles. The van der Waals surface area contributed by atoms with Crippen LogP contribution < -0.4 is 5.73 Å². The smallest absolute Gasteiger partial charge is 0.168 e. The summed E-state index contributed by atoms with van der Waals surface area (Å²) in [6.07, 6.45) is 2.66. The minimum absolute atomic E-state index is 0.164. The molecule has 0 bridgehead atoms. The first kappa shape index (κ1) is 13.2. The van der Waals surface area contributed by atoms with E-state index >= 15 is 0 Å². The topological polar surface area (TPSA) is 67.8 Å². The molecule has 4 nitrogen and oxygen atoms in total. The van der Waals surface area contributed by atoms with Gasteiger partial charge in [-0.15, -0.1) is 0 Å². The maximum Gasteiger partial charge on any atom is 0.168 e. The molecule has 4 heteroatoms. The summed E-state index contributed by atoms with van der Waals surface area (Å²) in [5.41, 5.74) is 5.44. The number of amidine groups is 1. The summed E-state index contributed by atoms with van der Waals surface area (Å²) in [7, 11) is 0. The third-order valence-corrected chi connectivity index (χ3v) is 2.06. The second kappa shape index (κ2) is 7.62. The number of oxime groups is 1. The molecular weight excluding hydrogens is 180 g/mol. The molecule has 0 fully saturated rings. The van der Waals surface area contributed by atoms with E-state index in [1.165, 1.54) is 0 Å². The molecule has 0 aromatic rings. The van der Waals surface area contributed by atoms with Crippen LogP contribution in [0, 0.1) is 5.92 Å². The summed E-state index contributed by atoms with van der Waals surface area (Å²) in [6, 6.07) is 0. The van der Waals surface area contributed by atoms with E-state index in [4.69, 9.17) is 15.7 Å². The first-order chi connectivity index (χ1) is 6.61. The van der Waals surface area contributed by atoms with Gasteiger partial charge in [-0.1, -0.05) is 25.9 Å². The van der Waals surface area contributed by atoms with E-state index < -0.39 is 0 Å². The number of hydrogen-bond donors (Lipinski definition) is 2. The Hall–Kier alpha value is -0.770. The first-order valence-corrected chi connectivity index (χ1v) is 5.20. The van der Waals surface area contributed by atoms with Gasteiger partial charge in [0.15, 0.2) is 5.84 Å². The van der Waals surface area contributed by atoms with Crippen molar-refractivity contribution in [2.24, 2.45) is 16.8 Å². The van der Waals surface area contributed by atoms with Crippen LogP contribution in [0.4, 0.5) is 0 Å². The van der Waals surface area contributed by atoms with Gasteiger partial charge in [0.2, 0.25) is 0 Å². The molecule has 0 amide bonds. The van der Waals surface area contributed by atoms with Gasteiger partial charge in [-0.25, -0.2) is 0 Å². The van der Waals surface area contributed by atoms with Crippen LogP contribution >= 0.6 is 0 Å². The van der Waals surface area contributed by atoms with Crippen molar-refractivity contribution in [2.45, 2.75) is 46.1 Å². The van der Waals surface area contributed by atoms with Gasteiger partial charge in [0, 0.05) is 6.61 Å². The lowest BCUT2D eigenvalue weighted by Crippen LogP contribution is -2.31. The minimum atomic E-state index is -0.243. The number of rotatable bonds is 7. The average molecular weight is 202 g/mol. The highest BCUT2D eigenvalue weighted by Gasteiger charge is 2.11. The predicted molar refractivity (Wildman–Crippen MR) is 57.5 cm³/mol. The lowest BCUT2D eigenvalue weighted by atomic mass is 10.1. The lowest BCUT2D eigenvalue weighted by Gasteiger charge is -2.14. The van der Waals surface area contributed by atoms with Gasteiger partial charge in [0.25, 0.3) is 0 Å². The fourth-order valence-electron chi connectivity index (χ4n) is 1.19. The van der Waals surface area contributed by atoms with Gasteiger partial charge >= 0.3 is 0 Å². The van der Waals surface area contributed by atoms with Crippen LogP contribution in [-0.4, -0.2) is 23.8 Å². The van der Waals surface area contributed by atoms with E-state index in [1.807, 2.05) is 6.92 Å². The van der Waals surface area contributed by atoms with Crippen molar-refractivity contribution >= 4 is 5.84 Å². The summed E-state index contributed by atoms with van der Waals surface area (Å²) in [5, 5.41) is 11.4. The Morgan fingerprint density at radius 2 is 2.14 bits per heavy atom. The summed E-state index contributed by atoms with van der Waals surface area (Å²) < 4.78 is 5.48. The van der Waals surface area contributed by atoms with Crippen LogP contribution in [0.15, 0.2) is 5.16 Å². The number of nitrogens with two attached hydrogens (primary N) is 1. The van der Waals surface area contributed by atoms with Crippen molar-refractivity contribution in [2.75, 3.05) is 6.61 Å². The molecular formula is C10H22N2O2. The van der Waals surface area contributed by atoms with Crippen molar-refractivity contribution in [1.29, 1.82) is 0 Å². The van der Waals surface area contributed by atoms with E-state index in [-0.39, 0.29) is 11.9 Å². The van der Waals surface area contributed by atoms with Crippen molar-refractivity contribution in [3.63, 3.8) is 0 Å². The summed E-state index contributed by atoms with van der Waals surface area (Å²) in [4.78, 5) is 0. The van der Waals surface area contributed by atoms with E-state index in [1.54, 1.807) is 0 Å². The monoisotopic (exact) mass is 202 g/mol. The predicted octanol–water partition coefficient (Wildman–Crippen LogP) is 1.96. The van der Waals surface area contributed by atoms with Crippen LogP contribution in [-0.2, 0) is 4.74 Å². The van der Waals surface area contributed by atoms with E-state index in [2.05, 4.69) is 19.0 Å². The molecule has 0 spiro atoms. The van der Waals surface area contributed by atoms with Gasteiger partial charge < -0.3 is 15.7 Å². The van der Waals surface area contributed by atoms with Crippen LogP contribution in [0.5, 0.6) is 0 Å². The molecule has 0 rings (SSSR count). The Kier molecular flexibility index (Phi) is 7.20. The van der Waals surface area contributed by atoms with Gasteiger partial charge in [-0.05, 0) is 25.2 Å². The minimum Gasteiger partial charge on any atom is -0.409 e. The Morgan fingerprint density at radius 3 is 2.57 bits per heavy atom. The van der Waals surface area contributed by atoms with E-state index in [0.29, 0.717) is 12.5 Å². The van der Waals surface area contributed by atoms with Gasteiger partial charge in [0.05, 0.1) is 0 Å². The maximum absolute atomic E-state index is 8.46. The zero-order valence-electron chi connectivity index (χ0n) is 9.36. The molecule has 0 radical (unpaired) electrons. The molecule has 0 aliphatic carbocycles. The number of hydrogen-bond acceptors (Lipinski definition) is 3. The normalized spacial score (nSPS) is 14.7. The van der Waals surface area contributed by atoms with Crippen molar-refractivity contribution < 1.29 is 9.94 Å². The van der Waals surface area contributed by atoms with Crippen LogP contribution in [0.1, 0.15) is 40.0 Å². The quantitative estimate of drug-likeness (QED) is 0.218. The molecule has 1 unspecified atom stereocenters. The number of nitrogens with zero attached hydrogens (tertiary/aromatic N) is 1. The van der Waals surface area contributed by atoms with Crippen LogP contribution in [0.3, 0.4) is 0 Å². The Balaban J connectivity index is 3.64. The molecule has 0 aliphatic rings. The van der Waals surface area contributed by atoms with Gasteiger partial charge in [-0.2, -0.15) is 0 Å². The van der Waals surface area contributed by atoms with Crippen LogP contribution in [0.25, 0.3) is 0 Å². The summed E-state index contributed by atoms with van der Waals surface area (Å²) in [5.74, 6) is 0.861. The zero-order chi connectivity index (χ0) is 11.0. The SMILES string of the molecule is CCC(OCCCC(C)C)C(N)=NO. The maximum atomic E-state index is 8.46. The molecule has 0 aliphatic heterocycles. The molecule has 0 aromatic carbocycles. The molecule has 84 valence electrons. The second-order valence-electron chi connectivity index (χ2n) is 3.83. The average Bonchev–Trinajstić information content (AvgIpc) is 2.16. The highest BCUT2D eigenvalue weighted by molar-refractivity contribution is 5.84. The van der Waals surface area contributed by atoms with Crippen molar-refractivity contribution in [1.82, 2.24) is 0 Å². The first-order valence-electron chi connectivity index (χ1n) is 5.20. The summed E-state index contributed by atoms with van der Waals surface area (Å²) in [6.45, 7) is 6.99. The Bertz CT molecular complexity index is 170. The lowest BCUT2D eigenvalue weighted by molar-refractivity contribution is 0.0870. The van der Waals surface area contributed by atoms with Gasteiger partial charge in [0.1, 0.15) is 6.10 Å². The van der Waals surface area contributed by atoms with Gasteiger partial charge in [-0.3, -0.25) is 0 Å². The zero-order valence-corrected chi connectivity index (χ0v) is 9.36. The molecule has 0 saturated heterocycles. The highest BCUT2D eigenvalue weighted by Crippen LogP contribution is 2.05.